The maximum Gasteiger partial charge on any atom is 0.252 e. The number of nitrogens with zero attached hydrogens (tertiary/aromatic N) is 4. The number of alkyl halides is 2. The van der Waals surface area contributed by atoms with Crippen molar-refractivity contribution in [1.82, 2.24) is 15.5 Å². The SMILES string of the molecule is N#Cc1cccc(N2C(=O)CCC2C(=O)N(c2cccc3cn[nH]c23)[C@H](C(=O)NC2CC(F)(F)C2)c2ccccc2Cl)c1. The fourth-order valence-corrected chi connectivity index (χ4v) is 6.04. The minimum Gasteiger partial charge on any atom is -0.351 e. The highest BCUT2D eigenvalue weighted by Gasteiger charge is 2.48. The normalized spacial score (nSPS) is 18.6. The Kier molecular flexibility index (Phi) is 7.31. The third-order valence-corrected chi connectivity index (χ3v) is 8.19. The van der Waals surface area contributed by atoms with Gasteiger partial charge in [-0.15, -0.1) is 0 Å². The summed E-state index contributed by atoms with van der Waals surface area (Å²) in [6, 6.07) is 16.9. The highest BCUT2D eigenvalue weighted by molar-refractivity contribution is 6.32. The molecule has 9 nitrogen and oxygen atoms in total. The van der Waals surface area contributed by atoms with Gasteiger partial charge in [0.2, 0.25) is 11.8 Å². The summed E-state index contributed by atoms with van der Waals surface area (Å²) in [6.07, 6.45) is 0.753. The van der Waals surface area contributed by atoms with Crippen molar-refractivity contribution in [3.8, 4) is 6.07 Å². The fraction of sp³-hybridized carbons (Fsp3) is 0.258. The number of nitriles is 1. The Morgan fingerprint density at radius 3 is 2.65 bits per heavy atom. The minimum atomic E-state index is -2.88. The largest absolute Gasteiger partial charge is 0.351 e. The van der Waals surface area contributed by atoms with E-state index in [0.29, 0.717) is 27.8 Å². The van der Waals surface area contributed by atoms with E-state index < -0.39 is 48.7 Å². The van der Waals surface area contributed by atoms with Crippen molar-refractivity contribution in [1.29, 1.82) is 5.26 Å². The van der Waals surface area contributed by atoms with E-state index in [0.717, 1.165) is 0 Å². The second-order valence-electron chi connectivity index (χ2n) is 10.7. The molecular weight excluding hydrogens is 578 g/mol. The van der Waals surface area contributed by atoms with Gasteiger partial charge in [0.25, 0.3) is 11.8 Å². The monoisotopic (exact) mass is 602 g/mol. The lowest BCUT2D eigenvalue weighted by Gasteiger charge is -2.39. The molecule has 12 heteroatoms. The highest BCUT2D eigenvalue weighted by Crippen LogP contribution is 2.41. The van der Waals surface area contributed by atoms with Crippen LogP contribution in [0.5, 0.6) is 0 Å². The average molecular weight is 603 g/mol. The maximum absolute atomic E-state index is 14.8. The molecule has 1 saturated carbocycles. The van der Waals surface area contributed by atoms with Gasteiger partial charge in [-0.25, -0.2) is 8.78 Å². The van der Waals surface area contributed by atoms with Gasteiger partial charge in [0, 0.05) is 47.0 Å². The van der Waals surface area contributed by atoms with Crippen LogP contribution in [0.1, 0.15) is 42.9 Å². The van der Waals surface area contributed by atoms with Gasteiger partial charge in [0.05, 0.1) is 29.0 Å². The smallest absolute Gasteiger partial charge is 0.252 e. The number of hydrogen-bond donors (Lipinski definition) is 2. The van der Waals surface area contributed by atoms with Gasteiger partial charge >= 0.3 is 0 Å². The first-order chi connectivity index (χ1) is 20.7. The number of aromatic nitrogens is 2. The summed E-state index contributed by atoms with van der Waals surface area (Å²) in [5.74, 6) is -4.48. The van der Waals surface area contributed by atoms with Gasteiger partial charge in [-0.05, 0) is 36.8 Å². The molecule has 1 saturated heterocycles. The molecule has 1 unspecified atom stereocenters. The Hall–Kier alpha value is -4.82. The summed E-state index contributed by atoms with van der Waals surface area (Å²) in [7, 11) is 0. The number of rotatable bonds is 7. The zero-order chi connectivity index (χ0) is 30.3. The van der Waals surface area contributed by atoms with Crippen LogP contribution < -0.4 is 15.1 Å². The van der Waals surface area contributed by atoms with Gasteiger partial charge < -0.3 is 5.32 Å². The Balaban J connectivity index is 1.49. The Bertz CT molecular complexity index is 1780. The Morgan fingerprint density at radius 1 is 1.14 bits per heavy atom. The van der Waals surface area contributed by atoms with E-state index in [9.17, 15) is 28.4 Å². The van der Waals surface area contributed by atoms with E-state index in [-0.39, 0.29) is 29.3 Å². The first kappa shape index (κ1) is 28.3. The molecular formula is C31H25ClF2N6O3. The summed E-state index contributed by atoms with van der Waals surface area (Å²) >= 11 is 6.61. The number of para-hydroxylation sites is 1. The molecule has 2 N–H and O–H groups in total. The first-order valence-electron chi connectivity index (χ1n) is 13.7. The molecule has 2 fully saturated rings. The summed E-state index contributed by atoms with van der Waals surface area (Å²) in [5, 5.41) is 20.0. The first-order valence-corrected chi connectivity index (χ1v) is 14.0. The summed E-state index contributed by atoms with van der Waals surface area (Å²) in [6.45, 7) is 0. The van der Waals surface area contributed by atoms with Gasteiger partial charge in [0.15, 0.2) is 0 Å². The number of hydrogen-bond acceptors (Lipinski definition) is 5. The van der Waals surface area contributed by atoms with E-state index >= 15 is 0 Å². The third kappa shape index (κ3) is 5.30. The number of carbonyl (C=O) groups excluding carboxylic acids is 3. The molecule has 3 amide bonds. The third-order valence-electron chi connectivity index (χ3n) is 7.84. The zero-order valence-electron chi connectivity index (χ0n) is 22.6. The number of benzene rings is 3. The topological polar surface area (TPSA) is 122 Å². The molecule has 3 aromatic carbocycles. The number of halogens is 3. The molecule has 0 spiro atoms. The predicted molar refractivity (Wildman–Crippen MR) is 156 cm³/mol. The quantitative estimate of drug-likeness (QED) is 0.298. The number of anilines is 2. The average Bonchev–Trinajstić information content (AvgIpc) is 3.62. The highest BCUT2D eigenvalue weighted by atomic mass is 35.5. The van der Waals surface area contributed by atoms with Crippen LogP contribution in [0.2, 0.25) is 5.02 Å². The van der Waals surface area contributed by atoms with Crippen molar-refractivity contribution in [2.45, 2.75) is 49.7 Å². The van der Waals surface area contributed by atoms with Gasteiger partial charge in [-0.3, -0.25) is 29.3 Å². The lowest BCUT2D eigenvalue weighted by atomic mass is 9.87. The molecule has 1 aliphatic carbocycles. The standard InChI is InChI=1S/C31H25ClF2N6O3/c32-23-9-2-1-8-22(23)28(29(42)37-20-14-31(33,34)15-20)40(24-10-4-6-19-17-36-38-27(19)24)30(43)25-11-12-26(41)39(25)21-7-3-5-18(13-21)16-35/h1-10,13,17,20,25,28H,11-12,14-15H2,(H,36,38)(H,37,42)/t25?,28-/m0/s1. The van der Waals surface area contributed by atoms with Crippen molar-refractivity contribution in [3.05, 3.63) is 89.1 Å². The Labute approximate surface area is 250 Å². The lowest BCUT2D eigenvalue weighted by Crippen LogP contribution is -2.56. The van der Waals surface area contributed by atoms with Crippen LogP contribution in [0.25, 0.3) is 10.9 Å². The zero-order valence-corrected chi connectivity index (χ0v) is 23.4. The number of carbonyl (C=O) groups is 3. The minimum absolute atomic E-state index is 0.0649. The van der Waals surface area contributed by atoms with Crippen LogP contribution in [0, 0.1) is 11.3 Å². The van der Waals surface area contributed by atoms with Crippen LogP contribution in [0.3, 0.4) is 0 Å². The molecule has 0 radical (unpaired) electrons. The molecule has 218 valence electrons. The number of nitrogens with one attached hydrogen (secondary N) is 2. The van der Waals surface area contributed by atoms with Crippen molar-refractivity contribution in [2.75, 3.05) is 9.80 Å². The van der Waals surface area contributed by atoms with E-state index in [1.807, 2.05) is 6.07 Å². The number of fused-ring (bicyclic) bond motifs is 1. The maximum atomic E-state index is 14.8. The fourth-order valence-electron chi connectivity index (χ4n) is 5.80. The molecule has 43 heavy (non-hydrogen) atoms. The van der Waals surface area contributed by atoms with Gasteiger partial charge in [-0.1, -0.05) is 48.0 Å². The molecule has 2 heterocycles. The summed E-state index contributed by atoms with van der Waals surface area (Å²) in [5.41, 5.74) is 1.71. The van der Waals surface area contributed by atoms with Crippen molar-refractivity contribution in [2.24, 2.45) is 0 Å². The Morgan fingerprint density at radius 2 is 1.91 bits per heavy atom. The lowest BCUT2D eigenvalue weighted by molar-refractivity contribution is -0.133. The van der Waals surface area contributed by atoms with Gasteiger partial charge in [0.1, 0.15) is 12.1 Å². The number of aromatic amines is 1. The van der Waals surface area contributed by atoms with E-state index in [2.05, 4.69) is 15.5 Å². The molecule has 6 rings (SSSR count). The van der Waals surface area contributed by atoms with Crippen LogP contribution >= 0.6 is 11.6 Å². The van der Waals surface area contributed by atoms with Crippen molar-refractivity contribution in [3.63, 3.8) is 0 Å². The summed E-state index contributed by atoms with van der Waals surface area (Å²) < 4.78 is 27.4. The molecule has 2 atom stereocenters. The van der Waals surface area contributed by atoms with E-state index in [1.54, 1.807) is 66.9 Å². The molecule has 1 aliphatic heterocycles. The van der Waals surface area contributed by atoms with Crippen molar-refractivity contribution >= 4 is 51.6 Å². The molecule has 0 bridgehead atoms. The number of H-pyrrole nitrogens is 1. The van der Waals surface area contributed by atoms with Crippen LogP contribution in [0.15, 0.2) is 72.9 Å². The van der Waals surface area contributed by atoms with Crippen molar-refractivity contribution < 1.29 is 23.2 Å². The molecule has 1 aromatic heterocycles. The van der Waals surface area contributed by atoms with Gasteiger partial charge in [-0.2, -0.15) is 10.4 Å². The summed E-state index contributed by atoms with van der Waals surface area (Å²) in [4.78, 5) is 44.7. The van der Waals surface area contributed by atoms with Crippen LogP contribution in [-0.2, 0) is 14.4 Å². The molecule has 2 aliphatic rings. The van der Waals surface area contributed by atoms with E-state index in [4.69, 9.17) is 11.6 Å². The van der Waals surface area contributed by atoms with Crippen LogP contribution in [0.4, 0.5) is 20.2 Å². The van der Waals surface area contributed by atoms with E-state index in [1.165, 1.54) is 15.9 Å². The number of amides is 3. The second-order valence-corrected chi connectivity index (χ2v) is 11.1. The molecule has 4 aromatic rings. The van der Waals surface area contributed by atoms with Crippen LogP contribution in [-0.4, -0.2) is 45.9 Å². The second kappa shape index (κ2) is 11.1. The predicted octanol–water partition coefficient (Wildman–Crippen LogP) is 5.27.